The van der Waals surface area contributed by atoms with Gasteiger partial charge in [-0.05, 0) is 53.5 Å². The summed E-state index contributed by atoms with van der Waals surface area (Å²) in [7, 11) is 0. The summed E-state index contributed by atoms with van der Waals surface area (Å²) in [6.45, 7) is 10.7. The minimum absolute atomic E-state index is 0.0789. The summed E-state index contributed by atoms with van der Waals surface area (Å²) in [5.74, 6) is -3.05. The molecule has 2 N–H and O–H groups in total. The highest BCUT2D eigenvalue weighted by molar-refractivity contribution is 5.84. The summed E-state index contributed by atoms with van der Waals surface area (Å²) in [6, 6.07) is 9.24. The Labute approximate surface area is 184 Å². The zero-order valence-electron chi connectivity index (χ0n) is 19.2. The van der Waals surface area contributed by atoms with Gasteiger partial charge in [0.15, 0.2) is 0 Å². The second kappa shape index (κ2) is 9.68. The standard InChI is InChI=1S/C23H34N2O6/c1-22(2,3)30-19(26)16-12-13-25(18(24)17(16)20(27)31-23(4,5)6)21(28)29-14-15-10-8-7-9-11-15/h7-11,16-18H,12-14,24H2,1-6H3. The molecule has 0 saturated carbocycles. The highest BCUT2D eigenvalue weighted by atomic mass is 16.6. The molecule has 0 spiro atoms. The summed E-state index contributed by atoms with van der Waals surface area (Å²) < 4.78 is 16.4. The number of rotatable bonds is 4. The molecule has 8 heteroatoms. The van der Waals surface area contributed by atoms with E-state index in [9.17, 15) is 14.4 Å². The first-order valence-corrected chi connectivity index (χ1v) is 10.5. The van der Waals surface area contributed by atoms with Crippen LogP contribution in [0.1, 0.15) is 53.5 Å². The monoisotopic (exact) mass is 434 g/mol. The molecule has 0 bridgehead atoms. The van der Waals surface area contributed by atoms with E-state index in [0.717, 1.165) is 5.56 Å². The van der Waals surface area contributed by atoms with Gasteiger partial charge in [0.1, 0.15) is 23.7 Å². The molecule has 3 atom stereocenters. The van der Waals surface area contributed by atoms with Gasteiger partial charge in [-0.15, -0.1) is 0 Å². The molecule has 3 unspecified atom stereocenters. The molecule has 0 aliphatic carbocycles. The number of carbonyl (C=O) groups is 3. The average Bonchev–Trinajstić information content (AvgIpc) is 2.63. The molecule has 2 rings (SSSR count). The number of esters is 2. The Morgan fingerprint density at radius 1 is 0.968 bits per heavy atom. The first-order valence-electron chi connectivity index (χ1n) is 10.5. The number of hydrogen-bond donors (Lipinski definition) is 1. The third-order valence-electron chi connectivity index (χ3n) is 4.67. The maximum atomic E-state index is 13.0. The lowest BCUT2D eigenvalue weighted by Crippen LogP contribution is -2.60. The molecule has 1 saturated heterocycles. The van der Waals surface area contributed by atoms with Crippen molar-refractivity contribution < 1.29 is 28.6 Å². The summed E-state index contributed by atoms with van der Waals surface area (Å²) in [5.41, 5.74) is 5.66. The molecule has 31 heavy (non-hydrogen) atoms. The molecule has 1 aromatic carbocycles. The van der Waals surface area contributed by atoms with E-state index in [2.05, 4.69) is 0 Å². The zero-order valence-corrected chi connectivity index (χ0v) is 19.2. The van der Waals surface area contributed by atoms with Gasteiger partial charge >= 0.3 is 18.0 Å². The lowest BCUT2D eigenvalue weighted by Gasteiger charge is -2.42. The quantitative estimate of drug-likeness (QED) is 0.572. The van der Waals surface area contributed by atoms with Crippen molar-refractivity contribution in [2.24, 2.45) is 17.6 Å². The van der Waals surface area contributed by atoms with Crippen molar-refractivity contribution in [3.8, 4) is 0 Å². The van der Waals surface area contributed by atoms with Crippen molar-refractivity contribution in [3.63, 3.8) is 0 Å². The van der Waals surface area contributed by atoms with E-state index in [4.69, 9.17) is 19.9 Å². The van der Waals surface area contributed by atoms with Gasteiger partial charge in [-0.3, -0.25) is 14.5 Å². The molecule has 172 valence electrons. The minimum atomic E-state index is -1.08. The highest BCUT2D eigenvalue weighted by Gasteiger charge is 2.49. The summed E-state index contributed by atoms with van der Waals surface area (Å²) in [4.78, 5) is 39.7. The number of benzene rings is 1. The van der Waals surface area contributed by atoms with E-state index in [1.807, 2.05) is 30.3 Å². The van der Waals surface area contributed by atoms with Crippen LogP contribution in [0.2, 0.25) is 0 Å². The Morgan fingerprint density at radius 2 is 1.52 bits per heavy atom. The van der Waals surface area contributed by atoms with Crippen molar-refractivity contribution in [2.45, 2.75) is 71.9 Å². The van der Waals surface area contributed by atoms with Gasteiger partial charge in [0, 0.05) is 6.54 Å². The fourth-order valence-corrected chi connectivity index (χ4v) is 3.37. The van der Waals surface area contributed by atoms with Crippen molar-refractivity contribution in [1.29, 1.82) is 0 Å². The molecule has 1 fully saturated rings. The number of hydrogen-bond acceptors (Lipinski definition) is 7. The van der Waals surface area contributed by atoms with Crippen molar-refractivity contribution in [1.82, 2.24) is 4.90 Å². The van der Waals surface area contributed by atoms with Crippen LogP contribution in [0.5, 0.6) is 0 Å². The first-order chi connectivity index (χ1) is 14.3. The highest BCUT2D eigenvalue weighted by Crippen LogP contribution is 2.32. The van der Waals surface area contributed by atoms with Gasteiger partial charge in [-0.25, -0.2) is 4.79 Å². The number of carbonyl (C=O) groups excluding carboxylic acids is 3. The SMILES string of the molecule is CC(C)(C)OC(=O)C1CCN(C(=O)OCc2ccccc2)C(N)C1C(=O)OC(C)(C)C. The molecule has 1 aliphatic rings. The molecule has 0 radical (unpaired) electrons. The number of nitrogens with two attached hydrogens (primary N) is 1. The first kappa shape index (κ1) is 24.7. The van der Waals surface area contributed by atoms with Crippen LogP contribution in [0, 0.1) is 11.8 Å². The van der Waals surface area contributed by atoms with Crippen LogP contribution in [0.4, 0.5) is 4.79 Å². The van der Waals surface area contributed by atoms with Crippen LogP contribution in [-0.2, 0) is 30.4 Å². The lowest BCUT2D eigenvalue weighted by atomic mass is 9.82. The van der Waals surface area contributed by atoms with Crippen LogP contribution < -0.4 is 5.73 Å². The van der Waals surface area contributed by atoms with E-state index >= 15 is 0 Å². The number of piperidine rings is 1. The summed E-state index contributed by atoms with van der Waals surface area (Å²) in [6.07, 6.45) is -1.51. The fraction of sp³-hybridized carbons (Fsp3) is 0.609. The van der Waals surface area contributed by atoms with Gasteiger partial charge in [-0.2, -0.15) is 0 Å². The smallest absolute Gasteiger partial charge is 0.411 e. The predicted octanol–water partition coefficient (Wildman–Crippen LogP) is 3.23. The van der Waals surface area contributed by atoms with Crippen LogP contribution >= 0.6 is 0 Å². The van der Waals surface area contributed by atoms with E-state index in [1.165, 1.54) is 4.90 Å². The molecule has 0 aromatic heterocycles. The Balaban J connectivity index is 2.18. The van der Waals surface area contributed by atoms with E-state index in [1.54, 1.807) is 41.5 Å². The van der Waals surface area contributed by atoms with Gasteiger partial charge in [0.05, 0.1) is 12.1 Å². The van der Waals surface area contributed by atoms with Crippen molar-refractivity contribution in [2.75, 3.05) is 6.54 Å². The third-order valence-corrected chi connectivity index (χ3v) is 4.67. The normalized spacial score (nSPS) is 21.9. The van der Waals surface area contributed by atoms with Gasteiger partial charge in [-0.1, -0.05) is 30.3 Å². The molecular weight excluding hydrogens is 400 g/mol. The van der Waals surface area contributed by atoms with E-state index in [0.29, 0.717) is 0 Å². The lowest BCUT2D eigenvalue weighted by molar-refractivity contribution is -0.179. The predicted molar refractivity (Wildman–Crippen MR) is 115 cm³/mol. The molecule has 1 aliphatic heterocycles. The maximum absolute atomic E-state index is 13.0. The molecular formula is C23H34N2O6. The van der Waals surface area contributed by atoms with Gasteiger partial charge in [0.2, 0.25) is 0 Å². The van der Waals surface area contributed by atoms with E-state index < -0.39 is 47.2 Å². The topological polar surface area (TPSA) is 108 Å². The molecule has 1 amide bonds. The number of ether oxygens (including phenoxy) is 3. The van der Waals surface area contributed by atoms with Crippen molar-refractivity contribution >= 4 is 18.0 Å². The molecule has 1 heterocycles. The average molecular weight is 435 g/mol. The number of amides is 1. The Morgan fingerprint density at radius 3 is 2.06 bits per heavy atom. The Hall–Kier alpha value is -2.61. The zero-order chi connectivity index (χ0) is 23.4. The fourth-order valence-electron chi connectivity index (χ4n) is 3.37. The van der Waals surface area contributed by atoms with Crippen LogP contribution in [0.15, 0.2) is 30.3 Å². The Kier molecular flexibility index (Phi) is 7.70. The number of nitrogens with zero attached hydrogens (tertiary/aromatic N) is 1. The Bertz CT molecular complexity index is 781. The minimum Gasteiger partial charge on any atom is -0.460 e. The molecule has 1 aromatic rings. The third kappa shape index (κ3) is 7.24. The van der Waals surface area contributed by atoms with Crippen LogP contribution in [-0.4, -0.2) is 46.8 Å². The summed E-state index contributed by atoms with van der Waals surface area (Å²) in [5, 5.41) is 0. The van der Waals surface area contributed by atoms with Crippen LogP contribution in [0.25, 0.3) is 0 Å². The second-order valence-electron chi connectivity index (χ2n) is 9.71. The molecule has 8 nitrogen and oxygen atoms in total. The summed E-state index contributed by atoms with van der Waals surface area (Å²) >= 11 is 0. The van der Waals surface area contributed by atoms with Crippen LogP contribution in [0.3, 0.4) is 0 Å². The van der Waals surface area contributed by atoms with Gasteiger partial charge in [0.25, 0.3) is 0 Å². The second-order valence-corrected chi connectivity index (χ2v) is 9.71. The van der Waals surface area contributed by atoms with Crippen molar-refractivity contribution in [3.05, 3.63) is 35.9 Å². The number of likely N-dealkylation sites (tertiary alicyclic amines) is 1. The van der Waals surface area contributed by atoms with Gasteiger partial charge < -0.3 is 19.9 Å². The van der Waals surface area contributed by atoms with E-state index in [-0.39, 0.29) is 19.6 Å². The maximum Gasteiger partial charge on any atom is 0.411 e. The largest absolute Gasteiger partial charge is 0.460 e.